The molecule has 1 saturated heterocycles. The molecule has 1 aromatic carbocycles. The monoisotopic (exact) mass is 264 g/mol. The molecular weight excluding hydrogens is 243 g/mol. The highest BCUT2D eigenvalue weighted by Crippen LogP contribution is 2.15. The van der Waals surface area contributed by atoms with Gasteiger partial charge in [-0.25, -0.2) is 4.39 Å². The molecule has 0 saturated carbocycles. The van der Waals surface area contributed by atoms with Crippen molar-refractivity contribution in [1.29, 1.82) is 5.41 Å². The van der Waals surface area contributed by atoms with Crippen LogP contribution in [-0.2, 0) is 6.54 Å². The van der Waals surface area contributed by atoms with Crippen LogP contribution in [0.15, 0.2) is 18.2 Å². The lowest BCUT2D eigenvalue weighted by molar-refractivity contribution is 0.266. The van der Waals surface area contributed by atoms with Gasteiger partial charge in [0.1, 0.15) is 11.7 Å². The summed E-state index contributed by atoms with van der Waals surface area (Å²) < 4.78 is 14.2. The molecule has 0 unspecified atom stereocenters. The maximum atomic E-state index is 14.2. The minimum Gasteiger partial charge on any atom is -0.384 e. The molecule has 0 amide bonds. The van der Waals surface area contributed by atoms with Gasteiger partial charge in [0.15, 0.2) is 0 Å². The first-order chi connectivity index (χ1) is 9.08. The van der Waals surface area contributed by atoms with Crippen molar-refractivity contribution < 1.29 is 4.39 Å². The van der Waals surface area contributed by atoms with Crippen LogP contribution >= 0.6 is 0 Å². The molecule has 0 radical (unpaired) electrons. The van der Waals surface area contributed by atoms with Gasteiger partial charge in [0.25, 0.3) is 0 Å². The molecule has 5 heteroatoms. The van der Waals surface area contributed by atoms with Crippen LogP contribution in [0.5, 0.6) is 0 Å². The second kappa shape index (κ2) is 6.12. The Labute approximate surface area is 113 Å². The van der Waals surface area contributed by atoms with E-state index < -0.39 is 0 Å². The minimum absolute atomic E-state index is 0.199. The van der Waals surface area contributed by atoms with Gasteiger partial charge in [0.05, 0.1) is 5.56 Å². The number of likely N-dealkylation sites (N-methyl/N-ethyl adjacent to an activating group) is 1. The number of amidine groups is 1. The van der Waals surface area contributed by atoms with Gasteiger partial charge in [0, 0.05) is 25.2 Å². The van der Waals surface area contributed by atoms with Crippen LogP contribution in [0.2, 0.25) is 0 Å². The normalized spacial score (nSPS) is 18.2. The van der Waals surface area contributed by atoms with Gasteiger partial charge in [-0.1, -0.05) is 12.1 Å². The third kappa shape index (κ3) is 3.52. The molecule has 0 bridgehead atoms. The Kier molecular flexibility index (Phi) is 4.50. The summed E-state index contributed by atoms with van der Waals surface area (Å²) >= 11 is 0. The number of hydrogen-bond donors (Lipinski definition) is 2. The van der Waals surface area contributed by atoms with Gasteiger partial charge in [-0.15, -0.1) is 0 Å². The first-order valence-electron chi connectivity index (χ1n) is 6.60. The van der Waals surface area contributed by atoms with Gasteiger partial charge in [-0.3, -0.25) is 10.3 Å². The second-order valence-electron chi connectivity index (χ2n) is 5.13. The smallest absolute Gasteiger partial charge is 0.138 e. The Bertz CT molecular complexity index is 461. The van der Waals surface area contributed by atoms with E-state index in [1.807, 2.05) is 0 Å². The lowest BCUT2D eigenvalue weighted by Gasteiger charge is -2.20. The summed E-state index contributed by atoms with van der Waals surface area (Å²) in [5.74, 6) is -0.567. The molecule has 104 valence electrons. The lowest BCUT2D eigenvalue weighted by Crippen LogP contribution is -2.29. The molecule has 0 atom stereocenters. The van der Waals surface area contributed by atoms with Crippen molar-refractivity contribution in [2.75, 3.05) is 33.2 Å². The van der Waals surface area contributed by atoms with Gasteiger partial charge in [0.2, 0.25) is 0 Å². The van der Waals surface area contributed by atoms with Gasteiger partial charge in [-0.2, -0.15) is 0 Å². The zero-order valence-electron chi connectivity index (χ0n) is 11.3. The van der Waals surface area contributed by atoms with Crippen LogP contribution in [0.25, 0.3) is 0 Å². The molecule has 19 heavy (non-hydrogen) atoms. The van der Waals surface area contributed by atoms with Crippen molar-refractivity contribution in [3.05, 3.63) is 35.1 Å². The van der Waals surface area contributed by atoms with Crippen LogP contribution in [0.4, 0.5) is 4.39 Å². The molecule has 0 aliphatic carbocycles. The molecular formula is C14H21FN4. The predicted molar refractivity (Wildman–Crippen MR) is 74.8 cm³/mol. The molecule has 0 spiro atoms. The number of nitrogen functional groups attached to an aromatic ring is 1. The van der Waals surface area contributed by atoms with Crippen LogP contribution in [-0.4, -0.2) is 48.9 Å². The lowest BCUT2D eigenvalue weighted by atomic mass is 10.1. The maximum Gasteiger partial charge on any atom is 0.138 e. The Hall–Kier alpha value is -1.46. The number of rotatable bonds is 3. The van der Waals surface area contributed by atoms with Crippen molar-refractivity contribution in [2.24, 2.45) is 5.73 Å². The van der Waals surface area contributed by atoms with Crippen molar-refractivity contribution in [1.82, 2.24) is 9.80 Å². The second-order valence-corrected chi connectivity index (χ2v) is 5.13. The summed E-state index contributed by atoms with van der Waals surface area (Å²) in [5, 5.41) is 7.37. The topological polar surface area (TPSA) is 56.4 Å². The zero-order chi connectivity index (χ0) is 13.8. The van der Waals surface area contributed by atoms with E-state index in [9.17, 15) is 4.39 Å². The highest BCUT2D eigenvalue weighted by Gasteiger charge is 2.16. The van der Waals surface area contributed by atoms with Crippen LogP contribution in [0.1, 0.15) is 17.5 Å². The first-order valence-corrected chi connectivity index (χ1v) is 6.60. The van der Waals surface area contributed by atoms with E-state index in [-0.39, 0.29) is 17.2 Å². The molecule has 1 aliphatic rings. The Morgan fingerprint density at radius 2 is 2.11 bits per heavy atom. The number of hydrogen-bond acceptors (Lipinski definition) is 3. The average molecular weight is 264 g/mol. The molecule has 2 rings (SSSR count). The van der Waals surface area contributed by atoms with Crippen molar-refractivity contribution in [3.63, 3.8) is 0 Å². The van der Waals surface area contributed by atoms with Crippen molar-refractivity contribution in [3.8, 4) is 0 Å². The van der Waals surface area contributed by atoms with E-state index in [2.05, 4.69) is 16.8 Å². The van der Waals surface area contributed by atoms with E-state index >= 15 is 0 Å². The summed E-state index contributed by atoms with van der Waals surface area (Å²) in [6.45, 7) is 4.61. The SMILES string of the molecule is CN1CCCN(Cc2cccc(C(=N)N)c2F)CC1. The number of nitrogens with two attached hydrogens (primary N) is 1. The van der Waals surface area contributed by atoms with Crippen LogP contribution in [0, 0.1) is 11.2 Å². The zero-order valence-corrected chi connectivity index (χ0v) is 11.3. The molecule has 4 nitrogen and oxygen atoms in total. The van der Waals surface area contributed by atoms with Crippen molar-refractivity contribution >= 4 is 5.84 Å². The predicted octanol–water partition coefficient (Wildman–Crippen LogP) is 1.25. The molecule has 3 N–H and O–H groups in total. The number of nitrogens with zero attached hydrogens (tertiary/aromatic N) is 2. The van der Waals surface area contributed by atoms with Crippen LogP contribution in [0.3, 0.4) is 0 Å². The average Bonchev–Trinajstić information content (AvgIpc) is 2.57. The highest BCUT2D eigenvalue weighted by molar-refractivity contribution is 5.95. The van der Waals surface area contributed by atoms with Crippen molar-refractivity contribution in [2.45, 2.75) is 13.0 Å². The summed E-state index contributed by atoms with van der Waals surface area (Å²) in [5.41, 5.74) is 6.20. The fourth-order valence-corrected chi connectivity index (χ4v) is 2.41. The molecule has 1 fully saturated rings. The maximum absolute atomic E-state index is 14.2. The third-order valence-electron chi connectivity index (χ3n) is 3.57. The molecule has 1 heterocycles. The minimum atomic E-state index is -0.354. The highest BCUT2D eigenvalue weighted by atomic mass is 19.1. The summed E-state index contributed by atoms with van der Waals surface area (Å²) in [6.07, 6.45) is 1.10. The summed E-state index contributed by atoms with van der Waals surface area (Å²) in [4.78, 5) is 4.55. The fourth-order valence-electron chi connectivity index (χ4n) is 2.41. The van der Waals surface area contributed by atoms with E-state index in [4.69, 9.17) is 11.1 Å². The Balaban J connectivity index is 2.10. The molecule has 0 aromatic heterocycles. The van der Waals surface area contributed by atoms with Gasteiger partial charge in [-0.05, 0) is 32.6 Å². The van der Waals surface area contributed by atoms with Gasteiger partial charge < -0.3 is 10.6 Å². The first kappa shape index (κ1) is 14.0. The number of benzene rings is 1. The number of halogens is 1. The van der Waals surface area contributed by atoms with Gasteiger partial charge >= 0.3 is 0 Å². The molecule has 1 aromatic rings. The Morgan fingerprint density at radius 1 is 1.32 bits per heavy atom. The number of nitrogens with one attached hydrogen (secondary N) is 1. The van der Waals surface area contributed by atoms with E-state index in [1.165, 1.54) is 0 Å². The summed E-state index contributed by atoms with van der Waals surface area (Å²) in [7, 11) is 2.11. The molecule has 1 aliphatic heterocycles. The summed E-state index contributed by atoms with van der Waals surface area (Å²) in [6, 6.07) is 5.09. The fraction of sp³-hybridized carbons (Fsp3) is 0.500. The van der Waals surface area contributed by atoms with E-state index in [1.54, 1.807) is 18.2 Å². The van der Waals surface area contributed by atoms with Crippen LogP contribution < -0.4 is 5.73 Å². The third-order valence-corrected chi connectivity index (χ3v) is 3.57. The van der Waals surface area contributed by atoms with E-state index in [0.29, 0.717) is 12.1 Å². The standard InChI is InChI=1S/C14H21FN4/c1-18-6-3-7-19(9-8-18)10-11-4-2-5-12(13(11)15)14(16)17/h2,4-5H,3,6-10H2,1H3,(H3,16,17). The largest absolute Gasteiger partial charge is 0.384 e. The van der Waals surface area contributed by atoms with E-state index in [0.717, 1.165) is 32.6 Å². The quantitative estimate of drug-likeness (QED) is 0.638. The Morgan fingerprint density at radius 3 is 2.84 bits per heavy atom.